The monoisotopic (exact) mass is 280 g/mol. The van der Waals surface area contributed by atoms with Gasteiger partial charge >= 0.3 is 0 Å². The number of nitrogens with two attached hydrogens (primary N) is 1. The third-order valence-electron chi connectivity index (χ3n) is 4.21. The normalized spacial score (nSPS) is 19.3. The Bertz CT molecular complexity index is 534. The Morgan fingerprint density at radius 1 is 1.21 bits per heavy atom. The standard InChI is InChI=1S/C15H20N2O.ClH/c16-14(15(18)10-3-1-2-4-10)12-5-6-13-11(9-12)7-8-17-13;/h5-10,14-15,17-18H,1-4,16H2;1H/t14-,15+;/m1./s1. The van der Waals surface area contributed by atoms with Gasteiger partial charge in [-0.15, -0.1) is 12.4 Å². The summed E-state index contributed by atoms with van der Waals surface area (Å²) in [5.74, 6) is 0.377. The molecule has 1 heterocycles. The molecule has 0 bridgehead atoms. The van der Waals surface area contributed by atoms with Gasteiger partial charge in [0.1, 0.15) is 0 Å². The first-order chi connectivity index (χ1) is 8.75. The SMILES string of the molecule is Cl.N[C@H](c1ccc2[nH]ccc2c1)[C@@H](O)C1CCCC1. The summed E-state index contributed by atoms with van der Waals surface area (Å²) in [4.78, 5) is 3.17. The van der Waals surface area contributed by atoms with E-state index >= 15 is 0 Å². The van der Waals surface area contributed by atoms with Gasteiger partial charge < -0.3 is 15.8 Å². The molecule has 4 N–H and O–H groups in total. The van der Waals surface area contributed by atoms with E-state index in [0.29, 0.717) is 5.92 Å². The molecule has 19 heavy (non-hydrogen) atoms. The van der Waals surface area contributed by atoms with Crippen molar-refractivity contribution in [1.82, 2.24) is 4.98 Å². The van der Waals surface area contributed by atoms with E-state index in [9.17, 15) is 5.11 Å². The quantitative estimate of drug-likeness (QED) is 0.809. The van der Waals surface area contributed by atoms with Gasteiger partial charge in [0.25, 0.3) is 0 Å². The zero-order chi connectivity index (χ0) is 12.5. The van der Waals surface area contributed by atoms with Crippen LogP contribution in [0.2, 0.25) is 0 Å². The number of benzene rings is 1. The Morgan fingerprint density at radius 2 is 1.95 bits per heavy atom. The van der Waals surface area contributed by atoms with Crippen molar-refractivity contribution < 1.29 is 5.11 Å². The maximum absolute atomic E-state index is 10.4. The van der Waals surface area contributed by atoms with Gasteiger partial charge in [-0.2, -0.15) is 0 Å². The Kier molecular flexibility index (Phi) is 4.50. The topological polar surface area (TPSA) is 62.0 Å². The van der Waals surface area contributed by atoms with Crippen LogP contribution in [0.3, 0.4) is 0 Å². The number of H-pyrrole nitrogens is 1. The number of hydrogen-bond acceptors (Lipinski definition) is 2. The lowest BCUT2D eigenvalue weighted by Crippen LogP contribution is -2.31. The van der Waals surface area contributed by atoms with Crippen LogP contribution in [0.5, 0.6) is 0 Å². The molecule has 2 aromatic rings. The summed E-state index contributed by atoms with van der Waals surface area (Å²) in [5.41, 5.74) is 8.36. The second-order valence-corrected chi connectivity index (χ2v) is 5.39. The lowest BCUT2D eigenvalue weighted by molar-refractivity contribution is 0.0845. The fraction of sp³-hybridized carbons (Fsp3) is 0.467. The third kappa shape index (κ3) is 2.78. The Morgan fingerprint density at radius 3 is 2.68 bits per heavy atom. The van der Waals surface area contributed by atoms with Gasteiger partial charge in [0.05, 0.1) is 12.1 Å². The molecule has 0 saturated heterocycles. The smallest absolute Gasteiger partial charge is 0.0760 e. The highest BCUT2D eigenvalue weighted by Crippen LogP contribution is 2.33. The van der Waals surface area contributed by atoms with Crippen molar-refractivity contribution in [2.24, 2.45) is 11.7 Å². The molecule has 1 aromatic heterocycles. The number of aromatic amines is 1. The predicted molar refractivity (Wildman–Crippen MR) is 80.4 cm³/mol. The molecule has 1 aromatic carbocycles. The Labute approximate surface area is 119 Å². The highest BCUT2D eigenvalue weighted by molar-refractivity contribution is 5.85. The van der Waals surface area contributed by atoms with Crippen LogP contribution in [0.1, 0.15) is 37.3 Å². The molecule has 4 heteroatoms. The number of rotatable bonds is 3. The average molecular weight is 281 g/mol. The third-order valence-corrected chi connectivity index (χ3v) is 4.21. The minimum atomic E-state index is -0.413. The fourth-order valence-electron chi connectivity index (χ4n) is 3.07. The highest BCUT2D eigenvalue weighted by Gasteiger charge is 2.28. The van der Waals surface area contributed by atoms with Crippen LogP contribution >= 0.6 is 12.4 Å². The summed E-state index contributed by atoms with van der Waals surface area (Å²) in [7, 11) is 0. The molecule has 0 aliphatic heterocycles. The van der Waals surface area contributed by atoms with E-state index in [0.717, 1.165) is 29.3 Å². The molecular formula is C15H21ClN2O. The molecule has 1 saturated carbocycles. The molecule has 0 amide bonds. The van der Waals surface area contributed by atoms with Gasteiger partial charge in [-0.3, -0.25) is 0 Å². The fourth-order valence-corrected chi connectivity index (χ4v) is 3.07. The molecule has 0 unspecified atom stereocenters. The molecular weight excluding hydrogens is 260 g/mol. The number of halogens is 1. The second-order valence-electron chi connectivity index (χ2n) is 5.39. The van der Waals surface area contributed by atoms with Crippen molar-refractivity contribution in [3.63, 3.8) is 0 Å². The number of nitrogens with one attached hydrogen (secondary N) is 1. The van der Waals surface area contributed by atoms with Crippen LogP contribution in [0, 0.1) is 5.92 Å². The van der Waals surface area contributed by atoms with Gasteiger partial charge in [-0.05, 0) is 47.9 Å². The van der Waals surface area contributed by atoms with Crippen LogP contribution in [0.15, 0.2) is 30.5 Å². The molecule has 1 aliphatic carbocycles. The zero-order valence-corrected chi connectivity index (χ0v) is 11.7. The number of aromatic nitrogens is 1. The first-order valence-electron chi connectivity index (χ1n) is 6.76. The van der Waals surface area contributed by atoms with E-state index < -0.39 is 6.10 Å². The minimum Gasteiger partial charge on any atom is -0.391 e. The number of hydrogen-bond donors (Lipinski definition) is 3. The summed E-state index contributed by atoms with van der Waals surface area (Å²) in [6.45, 7) is 0. The van der Waals surface area contributed by atoms with E-state index in [2.05, 4.69) is 11.1 Å². The summed E-state index contributed by atoms with van der Waals surface area (Å²) in [6.07, 6.45) is 6.19. The molecule has 3 rings (SSSR count). The van der Waals surface area contributed by atoms with Crippen molar-refractivity contribution in [2.45, 2.75) is 37.8 Å². The molecule has 1 fully saturated rings. The lowest BCUT2D eigenvalue weighted by Gasteiger charge is -2.24. The van der Waals surface area contributed by atoms with Gasteiger partial charge in [-0.25, -0.2) is 0 Å². The van der Waals surface area contributed by atoms with Gasteiger partial charge in [0, 0.05) is 11.7 Å². The molecule has 0 spiro atoms. The van der Waals surface area contributed by atoms with Crippen LogP contribution in [0.25, 0.3) is 10.9 Å². The summed E-state index contributed by atoms with van der Waals surface area (Å²) in [6, 6.07) is 7.89. The average Bonchev–Trinajstić information content (AvgIpc) is 3.06. The Hall–Kier alpha value is -1.03. The Balaban J connectivity index is 0.00000133. The number of fused-ring (bicyclic) bond motifs is 1. The second kappa shape index (κ2) is 5.95. The minimum absolute atomic E-state index is 0. The summed E-state index contributed by atoms with van der Waals surface area (Å²) >= 11 is 0. The van der Waals surface area contributed by atoms with Gasteiger partial charge in [-0.1, -0.05) is 18.9 Å². The molecule has 3 nitrogen and oxygen atoms in total. The van der Waals surface area contributed by atoms with E-state index in [4.69, 9.17) is 5.73 Å². The predicted octanol–water partition coefficient (Wildman–Crippen LogP) is 3.14. The number of aliphatic hydroxyl groups is 1. The molecule has 0 radical (unpaired) electrons. The molecule has 2 atom stereocenters. The maximum atomic E-state index is 10.4. The zero-order valence-electron chi connectivity index (χ0n) is 10.9. The van der Waals surface area contributed by atoms with Crippen molar-refractivity contribution in [3.8, 4) is 0 Å². The van der Waals surface area contributed by atoms with Crippen molar-refractivity contribution >= 4 is 23.3 Å². The van der Waals surface area contributed by atoms with Crippen molar-refractivity contribution in [3.05, 3.63) is 36.0 Å². The first-order valence-corrected chi connectivity index (χ1v) is 6.76. The van der Waals surface area contributed by atoms with Gasteiger partial charge in [0.15, 0.2) is 0 Å². The van der Waals surface area contributed by atoms with Crippen molar-refractivity contribution in [2.75, 3.05) is 0 Å². The van der Waals surface area contributed by atoms with Crippen LogP contribution in [-0.2, 0) is 0 Å². The summed E-state index contributed by atoms with van der Waals surface area (Å²) in [5, 5.41) is 11.5. The van der Waals surface area contributed by atoms with Crippen molar-refractivity contribution in [1.29, 1.82) is 0 Å². The van der Waals surface area contributed by atoms with Crippen LogP contribution in [-0.4, -0.2) is 16.2 Å². The van der Waals surface area contributed by atoms with Gasteiger partial charge in [0.2, 0.25) is 0 Å². The highest BCUT2D eigenvalue weighted by atomic mass is 35.5. The molecule has 1 aliphatic rings. The molecule has 104 valence electrons. The van der Waals surface area contributed by atoms with Crippen LogP contribution in [0.4, 0.5) is 0 Å². The summed E-state index contributed by atoms with van der Waals surface area (Å²) < 4.78 is 0. The first kappa shape index (κ1) is 14.4. The number of aliphatic hydroxyl groups excluding tert-OH is 1. The maximum Gasteiger partial charge on any atom is 0.0760 e. The van der Waals surface area contributed by atoms with E-state index in [1.807, 2.05) is 24.4 Å². The largest absolute Gasteiger partial charge is 0.391 e. The van der Waals surface area contributed by atoms with E-state index in [1.54, 1.807) is 0 Å². The van der Waals surface area contributed by atoms with Crippen LogP contribution < -0.4 is 5.73 Å². The van der Waals surface area contributed by atoms with E-state index in [1.165, 1.54) is 12.8 Å². The lowest BCUT2D eigenvalue weighted by atomic mass is 9.90. The van der Waals surface area contributed by atoms with E-state index in [-0.39, 0.29) is 18.4 Å².